The SMILES string of the molecule is COc1ccc(OCC(=O)NCC(c2ccc3c(c2)CCN3C)N2CCN(C)CC2)cc1. The van der Waals surface area contributed by atoms with Gasteiger partial charge in [-0.05, 0) is 54.9 Å². The van der Waals surface area contributed by atoms with Crippen molar-refractivity contribution in [2.24, 2.45) is 0 Å². The maximum absolute atomic E-state index is 12.5. The topological polar surface area (TPSA) is 57.3 Å². The molecule has 4 rings (SSSR count). The minimum Gasteiger partial charge on any atom is -0.497 e. The van der Waals surface area contributed by atoms with E-state index in [2.05, 4.69) is 52.3 Å². The summed E-state index contributed by atoms with van der Waals surface area (Å²) in [6, 6.07) is 14.2. The second-order valence-electron chi connectivity index (χ2n) is 8.68. The predicted molar refractivity (Wildman–Crippen MR) is 127 cm³/mol. The minimum absolute atomic E-state index is 0.00321. The van der Waals surface area contributed by atoms with Gasteiger partial charge in [-0.15, -0.1) is 0 Å². The van der Waals surface area contributed by atoms with Crippen molar-refractivity contribution in [3.05, 3.63) is 53.6 Å². The van der Waals surface area contributed by atoms with E-state index in [0.717, 1.165) is 44.9 Å². The Morgan fingerprint density at radius 1 is 1.00 bits per heavy atom. The van der Waals surface area contributed by atoms with Crippen molar-refractivity contribution in [1.82, 2.24) is 15.1 Å². The molecule has 2 heterocycles. The smallest absolute Gasteiger partial charge is 0.258 e. The first-order chi connectivity index (χ1) is 15.5. The van der Waals surface area contributed by atoms with Crippen LogP contribution in [0, 0.1) is 0 Å². The van der Waals surface area contributed by atoms with Crippen molar-refractivity contribution < 1.29 is 14.3 Å². The monoisotopic (exact) mass is 438 g/mol. The molecule has 1 saturated heterocycles. The Bertz CT molecular complexity index is 910. The number of piperazine rings is 1. The summed E-state index contributed by atoms with van der Waals surface area (Å²) in [6.07, 6.45) is 1.08. The molecule has 2 aliphatic rings. The highest BCUT2D eigenvalue weighted by atomic mass is 16.5. The van der Waals surface area contributed by atoms with Crippen LogP contribution in [-0.4, -0.2) is 82.8 Å². The van der Waals surface area contributed by atoms with E-state index < -0.39 is 0 Å². The van der Waals surface area contributed by atoms with Gasteiger partial charge in [-0.3, -0.25) is 9.69 Å². The van der Waals surface area contributed by atoms with Crippen LogP contribution < -0.4 is 19.7 Å². The van der Waals surface area contributed by atoms with Crippen molar-refractivity contribution in [1.29, 1.82) is 0 Å². The number of methoxy groups -OCH3 is 1. The van der Waals surface area contributed by atoms with Gasteiger partial charge in [0.1, 0.15) is 11.5 Å². The first-order valence-electron chi connectivity index (χ1n) is 11.3. The van der Waals surface area contributed by atoms with Crippen molar-refractivity contribution in [3.8, 4) is 11.5 Å². The number of carbonyl (C=O) groups excluding carboxylic acids is 1. The average Bonchev–Trinajstić information content (AvgIpc) is 3.19. The Balaban J connectivity index is 1.39. The standard InChI is InChI=1S/C25H34N4O3/c1-27-12-14-29(15-13-27)24(19-4-9-23-20(16-19)10-11-28(23)2)17-26-25(30)18-32-22-7-5-21(31-3)6-8-22/h4-9,16,24H,10-15,17-18H2,1-3H3,(H,26,30). The molecule has 0 radical (unpaired) electrons. The Kier molecular flexibility index (Phi) is 7.17. The van der Waals surface area contributed by atoms with E-state index in [-0.39, 0.29) is 18.6 Å². The van der Waals surface area contributed by atoms with Gasteiger partial charge in [0, 0.05) is 52.0 Å². The first kappa shape index (κ1) is 22.4. The van der Waals surface area contributed by atoms with Crippen LogP contribution in [0.5, 0.6) is 11.5 Å². The van der Waals surface area contributed by atoms with Crippen LogP contribution in [0.25, 0.3) is 0 Å². The number of nitrogens with zero attached hydrogens (tertiary/aromatic N) is 3. The fraction of sp³-hybridized carbons (Fsp3) is 0.480. The number of amides is 1. The summed E-state index contributed by atoms with van der Waals surface area (Å²) in [7, 11) is 5.93. The third-order valence-corrected chi connectivity index (χ3v) is 6.52. The number of carbonyl (C=O) groups is 1. The van der Waals surface area contributed by atoms with Gasteiger partial charge < -0.3 is 24.6 Å². The molecular weight excluding hydrogens is 404 g/mol. The maximum Gasteiger partial charge on any atom is 0.258 e. The van der Waals surface area contributed by atoms with Gasteiger partial charge in [-0.2, -0.15) is 0 Å². The predicted octanol–water partition coefficient (Wildman–Crippen LogP) is 2.17. The maximum atomic E-state index is 12.5. The van der Waals surface area contributed by atoms with Gasteiger partial charge in [0.05, 0.1) is 13.2 Å². The largest absolute Gasteiger partial charge is 0.497 e. The van der Waals surface area contributed by atoms with Crippen LogP contribution in [-0.2, 0) is 11.2 Å². The van der Waals surface area contributed by atoms with Crippen LogP contribution >= 0.6 is 0 Å². The van der Waals surface area contributed by atoms with Crippen molar-refractivity contribution in [3.63, 3.8) is 0 Å². The lowest BCUT2D eigenvalue weighted by molar-refractivity contribution is -0.123. The van der Waals surface area contributed by atoms with E-state index in [1.165, 1.54) is 16.8 Å². The molecule has 32 heavy (non-hydrogen) atoms. The molecule has 1 fully saturated rings. The zero-order valence-corrected chi connectivity index (χ0v) is 19.3. The summed E-state index contributed by atoms with van der Waals surface area (Å²) in [5, 5.41) is 3.10. The molecular formula is C25H34N4O3. The number of hydrogen-bond acceptors (Lipinski definition) is 6. The molecule has 0 spiro atoms. The zero-order valence-electron chi connectivity index (χ0n) is 19.3. The summed E-state index contributed by atoms with van der Waals surface area (Å²) >= 11 is 0. The van der Waals surface area contributed by atoms with Crippen LogP contribution in [0.3, 0.4) is 0 Å². The molecule has 2 aromatic rings. The number of benzene rings is 2. The first-order valence-corrected chi connectivity index (χ1v) is 11.3. The van der Waals surface area contributed by atoms with Crippen molar-refractivity contribution in [2.45, 2.75) is 12.5 Å². The second-order valence-corrected chi connectivity index (χ2v) is 8.68. The lowest BCUT2D eigenvalue weighted by atomic mass is 10.00. The normalized spacial score (nSPS) is 17.7. The quantitative estimate of drug-likeness (QED) is 0.682. The average molecular weight is 439 g/mol. The molecule has 7 heteroatoms. The number of fused-ring (bicyclic) bond motifs is 1. The van der Waals surface area contributed by atoms with Gasteiger partial charge >= 0.3 is 0 Å². The molecule has 2 aliphatic heterocycles. The molecule has 2 aromatic carbocycles. The fourth-order valence-corrected chi connectivity index (χ4v) is 4.47. The summed E-state index contributed by atoms with van der Waals surface area (Å²) in [5.41, 5.74) is 4.00. The van der Waals surface area contributed by atoms with Crippen LogP contribution in [0.15, 0.2) is 42.5 Å². The van der Waals surface area contributed by atoms with Gasteiger partial charge in [0.25, 0.3) is 5.91 Å². The van der Waals surface area contributed by atoms with E-state index in [1.54, 1.807) is 19.2 Å². The Labute approximate surface area is 190 Å². The van der Waals surface area contributed by atoms with E-state index in [0.29, 0.717) is 12.3 Å². The molecule has 0 bridgehead atoms. The molecule has 172 valence electrons. The molecule has 0 saturated carbocycles. The number of ether oxygens (including phenoxy) is 2. The Hall–Kier alpha value is -2.77. The molecule has 1 amide bonds. The lowest BCUT2D eigenvalue weighted by Gasteiger charge is -2.38. The molecule has 0 aromatic heterocycles. The zero-order chi connectivity index (χ0) is 22.5. The molecule has 1 unspecified atom stereocenters. The Morgan fingerprint density at radius 2 is 1.72 bits per heavy atom. The molecule has 0 aliphatic carbocycles. The Morgan fingerprint density at radius 3 is 2.44 bits per heavy atom. The van der Waals surface area contributed by atoms with Crippen LogP contribution in [0.1, 0.15) is 17.2 Å². The number of likely N-dealkylation sites (N-methyl/N-ethyl adjacent to an activating group) is 2. The van der Waals surface area contributed by atoms with Crippen molar-refractivity contribution in [2.75, 3.05) is 72.0 Å². The lowest BCUT2D eigenvalue weighted by Crippen LogP contribution is -2.48. The van der Waals surface area contributed by atoms with Crippen molar-refractivity contribution >= 4 is 11.6 Å². The van der Waals surface area contributed by atoms with E-state index in [4.69, 9.17) is 9.47 Å². The summed E-state index contributed by atoms with van der Waals surface area (Å²) in [5.74, 6) is 1.30. The third-order valence-electron chi connectivity index (χ3n) is 6.52. The number of anilines is 1. The molecule has 1 atom stereocenters. The van der Waals surface area contributed by atoms with E-state index in [1.807, 2.05) is 12.1 Å². The van der Waals surface area contributed by atoms with Gasteiger partial charge in [0.2, 0.25) is 0 Å². The van der Waals surface area contributed by atoms with Crippen LogP contribution in [0.4, 0.5) is 5.69 Å². The second kappa shape index (κ2) is 10.2. The molecule has 1 N–H and O–H groups in total. The van der Waals surface area contributed by atoms with Gasteiger partial charge in [-0.1, -0.05) is 12.1 Å². The number of nitrogens with one attached hydrogen (secondary N) is 1. The van der Waals surface area contributed by atoms with Crippen LogP contribution in [0.2, 0.25) is 0 Å². The highest BCUT2D eigenvalue weighted by Crippen LogP contribution is 2.31. The number of rotatable bonds is 8. The van der Waals surface area contributed by atoms with Gasteiger partial charge in [-0.25, -0.2) is 0 Å². The fourth-order valence-electron chi connectivity index (χ4n) is 4.47. The van der Waals surface area contributed by atoms with Gasteiger partial charge in [0.15, 0.2) is 6.61 Å². The highest BCUT2D eigenvalue weighted by molar-refractivity contribution is 5.77. The third kappa shape index (κ3) is 5.34. The molecule has 7 nitrogen and oxygen atoms in total. The highest BCUT2D eigenvalue weighted by Gasteiger charge is 2.26. The summed E-state index contributed by atoms with van der Waals surface area (Å²) in [6.45, 7) is 5.71. The van der Waals surface area contributed by atoms with E-state index >= 15 is 0 Å². The summed E-state index contributed by atoms with van der Waals surface area (Å²) in [4.78, 5) is 19.7. The number of hydrogen-bond donors (Lipinski definition) is 1. The van der Waals surface area contributed by atoms with E-state index in [9.17, 15) is 4.79 Å². The summed E-state index contributed by atoms with van der Waals surface area (Å²) < 4.78 is 10.8. The minimum atomic E-state index is -0.110.